The minimum absolute atomic E-state index is 0.660. The molecular formula is C13H28N2O. The van der Waals surface area contributed by atoms with Gasteiger partial charge >= 0.3 is 0 Å². The molecule has 0 spiro atoms. The predicted molar refractivity (Wildman–Crippen MR) is 68.8 cm³/mol. The molecule has 1 aliphatic rings. The maximum absolute atomic E-state index is 5.60. The Morgan fingerprint density at radius 2 is 1.88 bits per heavy atom. The van der Waals surface area contributed by atoms with Crippen molar-refractivity contribution in [3.05, 3.63) is 0 Å². The lowest BCUT2D eigenvalue weighted by molar-refractivity contribution is 0.0984. The monoisotopic (exact) mass is 228 g/mol. The molecule has 0 aromatic carbocycles. The Kier molecular flexibility index (Phi) is 7.81. The van der Waals surface area contributed by atoms with Gasteiger partial charge in [0, 0.05) is 19.8 Å². The van der Waals surface area contributed by atoms with Gasteiger partial charge in [-0.15, -0.1) is 0 Å². The average Bonchev–Trinajstić information content (AvgIpc) is 2.19. The summed E-state index contributed by atoms with van der Waals surface area (Å²) in [5.41, 5.74) is 0. The molecule has 0 bridgehead atoms. The van der Waals surface area contributed by atoms with E-state index in [-0.39, 0.29) is 0 Å². The number of ether oxygens (including phenoxy) is 1. The number of nitrogens with one attached hydrogen (secondary N) is 1. The quantitative estimate of drug-likeness (QED) is 0.701. The van der Waals surface area contributed by atoms with Crippen LogP contribution in [0.4, 0.5) is 0 Å². The lowest BCUT2D eigenvalue weighted by Gasteiger charge is -2.24. The molecule has 96 valence electrons. The first-order valence-electron chi connectivity index (χ1n) is 6.80. The molecule has 0 unspecified atom stereocenters. The van der Waals surface area contributed by atoms with Crippen LogP contribution in [0.25, 0.3) is 0 Å². The third-order valence-corrected chi connectivity index (χ3v) is 2.87. The second-order valence-electron chi connectivity index (χ2n) is 5.12. The number of hydrogen-bond donors (Lipinski definition) is 1. The standard InChI is InChI=1S/C13H28N2O/c1-13(2)12-16-11-5-10-15-8-3-6-14-7-4-9-15/h13-14H,3-12H2,1-2H3. The van der Waals surface area contributed by atoms with Gasteiger partial charge in [0.15, 0.2) is 0 Å². The molecule has 0 amide bonds. The highest BCUT2D eigenvalue weighted by Crippen LogP contribution is 2.00. The van der Waals surface area contributed by atoms with Crippen molar-refractivity contribution in [2.24, 2.45) is 5.92 Å². The highest BCUT2D eigenvalue weighted by Gasteiger charge is 2.06. The molecule has 1 fully saturated rings. The van der Waals surface area contributed by atoms with Crippen molar-refractivity contribution >= 4 is 0 Å². The fourth-order valence-electron chi connectivity index (χ4n) is 2.02. The lowest BCUT2D eigenvalue weighted by atomic mass is 10.2. The van der Waals surface area contributed by atoms with Crippen molar-refractivity contribution in [2.45, 2.75) is 33.1 Å². The van der Waals surface area contributed by atoms with E-state index >= 15 is 0 Å². The van der Waals surface area contributed by atoms with Crippen LogP contribution in [0, 0.1) is 5.92 Å². The number of rotatable bonds is 6. The summed E-state index contributed by atoms with van der Waals surface area (Å²) in [6, 6.07) is 0. The van der Waals surface area contributed by atoms with Gasteiger partial charge < -0.3 is 15.0 Å². The molecule has 0 atom stereocenters. The van der Waals surface area contributed by atoms with Crippen LogP contribution in [-0.2, 0) is 4.74 Å². The summed E-state index contributed by atoms with van der Waals surface area (Å²) in [6.07, 6.45) is 3.75. The fraction of sp³-hybridized carbons (Fsp3) is 1.00. The second-order valence-corrected chi connectivity index (χ2v) is 5.12. The van der Waals surface area contributed by atoms with Crippen LogP contribution in [0.3, 0.4) is 0 Å². The normalized spacial score (nSPS) is 19.7. The summed E-state index contributed by atoms with van der Waals surface area (Å²) < 4.78 is 5.60. The minimum atomic E-state index is 0.660. The van der Waals surface area contributed by atoms with Gasteiger partial charge in [0.1, 0.15) is 0 Å². The van der Waals surface area contributed by atoms with Crippen LogP contribution in [0.15, 0.2) is 0 Å². The highest BCUT2D eigenvalue weighted by atomic mass is 16.5. The van der Waals surface area contributed by atoms with Crippen molar-refractivity contribution in [3.63, 3.8) is 0 Å². The molecule has 1 heterocycles. The van der Waals surface area contributed by atoms with E-state index in [1.165, 1.54) is 52.0 Å². The maximum atomic E-state index is 5.60. The van der Waals surface area contributed by atoms with Gasteiger partial charge in [0.05, 0.1) is 0 Å². The van der Waals surface area contributed by atoms with Crippen molar-refractivity contribution in [3.8, 4) is 0 Å². The molecule has 1 saturated heterocycles. The smallest absolute Gasteiger partial charge is 0.0489 e. The first-order valence-corrected chi connectivity index (χ1v) is 6.80. The molecule has 0 radical (unpaired) electrons. The lowest BCUT2D eigenvalue weighted by Crippen LogP contribution is -2.34. The molecule has 3 nitrogen and oxygen atoms in total. The van der Waals surface area contributed by atoms with Gasteiger partial charge in [-0.25, -0.2) is 0 Å². The summed E-state index contributed by atoms with van der Waals surface area (Å²) in [4.78, 5) is 2.58. The Morgan fingerprint density at radius 1 is 1.19 bits per heavy atom. The maximum Gasteiger partial charge on any atom is 0.0489 e. The summed E-state index contributed by atoms with van der Waals surface area (Å²) in [6.45, 7) is 12.3. The predicted octanol–water partition coefficient (Wildman–Crippen LogP) is 1.73. The van der Waals surface area contributed by atoms with Gasteiger partial charge in [-0.05, 0) is 51.4 Å². The largest absolute Gasteiger partial charge is 0.381 e. The van der Waals surface area contributed by atoms with Crippen molar-refractivity contribution < 1.29 is 4.74 Å². The summed E-state index contributed by atoms with van der Waals surface area (Å²) in [7, 11) is 0. The van der Waals surface area contributed by atoms with Crippen LogP contribution in [-0.4, -0.2) is 50.8 Å². The number of hydrogen-bond acceptors (Lipinski definition) is 3. The van der Waals surface area contributed by atoms with Gasteiger partial charge in [-0.2, -0.15) is 0 Å². The zero-order valence-electron chi connectivity index (χ0n) is 11.0. The molecule has 0 aromatic heterocycles. The topological polar surface area (TPSA) is 24.5 Å². The highest BCUT2D eigenvalue weighted by molar-refractivity contribution is 4.64. The van der Waals surface area contributed by atoms with E-state index < -0.39 is 0 Å². The van der Waals surface area contributed by atoms with E-state index in [2.05, 4.69) is 24.1 Å². The first-order chi connectivity index (χ1) is 7.79. The Balaban J connectivity index is 1.97. The van der Waals surface area contributed by atoms with Crippen molar-refractivity contribution in [1.29, 1.82) is 0 Å². The van der Waals surface area contributed by atoms with Gasteiger partial charge in [-0.1, -0.05) is 13.8 Å². The molecule has 0 aromatic rings. The zero-order chi connectivity index (χ0) is 11.6. The molecule has 1 rings (SSSR count). The van der Waals surface area contributed by atoms with Crippen LogP contribution in [0.2, 0.25) is 0 Å². The molecule has 3 heteroatoms. The summed E-state index contributed by atoms with van der Waals surface area (Å²) in [5, 5.41) is 3.45. The Morgan fingerprint density at radius 3 is 2.50 bits per heavy atom. The van der Waals surface area contributed by atoms with E-state index in [9.17, 15) is 0 Å². The Bertz CT molecular complexity index is 154. The van der Waals surface area contributed by atoms with Gasteiger partial charge in [-0.3, -0.25) is 0 Å². The van der Waals surface area contributed by atoms with Gasteiger partial charge in [0.25, 0.3) is 0 Å². The van der Waals surface area contributed by atoms with Crippen LogP contribution >= 0.6 is 0 Å². The molecule has 16 heavy (non-hydrogen) atoms. The fourth-order valence-corrected chi connectivity index (χ4v) is 2.02. The van der Waals surface area contributed by atoms with E-state index in [0.29, 0.717) is 5.92 Å². The van der Waals surface area contributed by atoms with E-state index in [1.807, 2.05) is 0 Å². The third-order valence-electron chi connectivity index (χ3n) is 2.87. The number of nitrogens with zero attached hydrogens (tertiary/aromatic N) is 1. The average molecular weight is 228 g/mol. The summed E-state index contributed by atoms with van der Waals surface area (Å²) in [5.74, 6) is 0.660. The molecule has 1 aliphatic heterocycles. The van der Waals surface area contributed by atoms with Crippen LogP contribution in [0.5, 0.6) is 0 Å². The SMILES string of the molecule is CC(C)COCCCN1CCCNCCC1. The third kappa shape index (κ3) is 7.20. The first kappa shape index (κ1) is 13.9. The Hall–Kier alpha value is -0.120. The van der Waals surface area contributed by atoms with E-state index in [0.717, 1.165) is 13.2 Å². The molecule has 1 N–H and O–H groups in total. The minimum Gasteiger partial charge on any atom is -0.381 e. The van der Waals surface area contributed by atoms with Crippen molar-refractivity contribution in [1.82, 2.24) is 10.2 Å². The van der Waals surface area contributed by atoms with Crippen LogP contribution in [0.1, 0.15) is 33.1 Å². The van der Waals surface area contributed by atoms with E-state index in [1.54, 1.807) is 0 Å². The molecule has 0 aliphatic carbocycles. The summed E-state index contributed by atoms with van der Waals surface area (Å²) >= 11 is 0. The van der Waals surface area contributed by atoms with Gasteiger partial charge in [0.2, 0.25) is 0 Å². The zero-order valence-corrected chi connectivity index (χ0v) is 11.0. The van der Waals surface area contributed by atoms with Crippen LogP contribution < -0.4 is 5.32 Å². The molecule has 0 saturated carbocycles. The molecular weight excluding hydrogens is 200 g/mol. The van der Waals surface area contributed by atoms with E-state index in [4.69, 9.17) is 4.74 Å². The van der Waals surface area contributed by atoms with Crippen molar-refractivity contribution in [2.75, 3.05) is 45.9 Å². The second kappa shape index (κ2) is 8.97. The Labute approximate surface area is 101 Å².